The number of carbonyl (C=O) groups is 1. The number of aliphatic hydroxyl groups is 5. The third-order valence-corrected chi connectivity index (χ3v) is 12.5. The summed E-state index contributed by atoms with van der Waals surface area (Å²) in [5, 5.41) is 54.3. The highest BCUT2D eigenvalue weighted by molar-refractivity contribution is 5.76. The van der Waals surface area contributed by atoms with Crippen LogP contribution in [0, 0.1) is 0 Å². The second-order valence-corrected chi connectivity index (χ2v) is 19.0. The average molecular weight is 991 g/mol. The summed E-state index contributed by atoms with van der Waals surface area (Å²) >= 11 is 0. The van der Waals surface area contributed by atoms with Gasteiger partial charge in [-0.1, -0.05) is 232 Å². The minimum absolute atomic E-state index is 0.190. The zero-order chi connectivity index (χ0) is 51.5. The van der Waals surface area contributed by atoms with Gasteiger partial charge < -0.3 is 40.3 Å². The van der Waals surface area contributed by atoms with Crippen LogP contribution in [0.15, 0.2) is 122 Å². The Kier molecular flexibility index (Phi) is 46.3. The van der Waals surface area contributed by atoms with Gasteiger partial charge in [0.15, 0.2) is 6.29 Å². The van der Waals surface area contributed by atoms with Gasteiger partial charge in [0.1, 0.15) is 24.4 Å². The lowest BCUT2D eigenvalue weighted by Gasteiger charge is -2.40. The van der Waals surface area contributed by atoms with Crippen molar-refractivity contribution in [3.8, 4) is 0 Å². The van der Waals surface area contributed by atoms with Crippen LogP contribution in [0.5, 0.6) is 0 Å². The highest BCUT2D eigenvalue weighted by Gasteiger charge is 2.44. The largest absolute Gasteiger partial charge is 0.394 e. The fourth-order valence-electron chi connectivity index (χ4n) is 8.09. The van der Waals surface area contributed by atoms with Crippen LogP contribution in [0.4, 0.5) is 0 Å². The standard InChI is InChI=1S/C62H103NO8/c1-3-5-7-9-11-13-15-16-17-18-19-20-21-22-23-24-25-26-27-28-29-30-31-32-33-34-35-36-37-38-39-40-42-44-46-48-50-52-58(66)63-55(54-70-62-61(69)60(68)59(67)57(53-64)71-62)56(65)51-49-47-45-43-41-14-12-10-8-6-4-2/h5,7,11,13,16-17,19-20,22-23,25-26,28-29,31-32,34-35,49,51,55-57,59-62,64-65,67-69H,3-4,6,8-10,12,14-15,18,21,24,27,30,33,36-48,50,52-54H2,1-2H3,(H,63,66)/b7-5-,13-11-,17-16-,20-19-,23-22-,26-25-,29-28-,32-31-,35-34-,51-49+. The molecule has 1 saturated heterocycles. The topological polar surface area (TPSA) is 149 Å². The SMILES string of the molecule is CC/C=C\C/C=C\C/C=C\C/C=C\C/C=C\C/C=C\C/C=C\C/C=C\C/C=C\CCCCCCCCCCCC(=O)NC(COC1OC(CO)C(O)C(O)C1O)C(O)/C=C/CCCCCCCCCCC. The van der Waals surface area contributed by atoms with Crippen molar-refractivity contribution in [2.24, 2.45) is 0 Å². The maximum atomic E-state index is 13.0. The highest BCUT2D eigenvalue weighted by Crippen LogP contribution is 2.23. The molecule has 1 aliphatic heterocycles. The maximum absolute atomic E-state index is 13.0. The molecule has 404 valence electrons. The Balaban J connectivity index is 2.16. The molecule has 71 heavy (non-hydrogen) atoms. The number of unbranched alkanes of at least 4 members (excludes halogenated alkanes) is 18. The molecule has 0 spiro atoms. The van der Waals surface area contributed by atoms with E-state index in [-0.39, 0.29) is 12.5 Å². The van der Waals surface area contributed by atoms with Crippen molar-refractivity contribution in [2.75, 3.05) is 13.2 Å². The van der Waals surface area contributed by atoms with E-state index in [1.165, 1.54) is 77.0 Å². The second-order valence-electron chi connectivity index (χ2n) is 19.0. The van der Waals surface area contributed by atoms with Gasteiger partial charge in [-0.05, 0) is 89.9 Å². The van der Waals surface area contributed by atoms with Gasteiger partial charge in [0.05, 0.1) is 25.4 Å². The first kappa shape index (κ1) is 65.6. The van der Waals surface area contributed by atoms with Crippen LogP contribution in [-0.2, 0) is 14.3 Å². The maximum Gasteiger partial charge on any atom is 0.220 e. The summed E-state index contributed by atoms with van der Waals surface area (Å²) in [6, 6.07) is -0.815. The van der Waals surface area contributed by atoms with Crippen molar-refractivity contribution in [2.45, 2.75) is 249 Å². The first-order chi connectivity index (χ1) is 34.8. The number of hydrogen-bond acceptors (Lipinski definition) is 8. The van der Waals surface area contributed by atoms with E-state index in [1.54, 1.807) is 6.08 Å². The molecule has 7 atom stereocenters. The van der Waals surface area contributed by atoms with E-state index in [0.717, 1.165) is 109 Å². The quantitative estimate of drug-likeness (QED) is 0.0261. The van der Waals surface area contributed by atoms with Gasteiger partial charge in [0, 0.05) is 6.42 Å². The number of nitrogens with one attached hydrogen (secondary N) is 1. The Labute approximate surface area is 433 Å². The summed E-state index contributed by atoms with van der Waals surface area (Å²) in [5.74, 6) is -0.190. The van der Waals surface area contributed by atoms with Gasteiger partial charge in [0.2, 0.25) is 5.91 Å². The average Bonchev–Trinajstić information content (AvgIpc) is 3.37. The normalized spacial score (nSPS) is 20.2. The van der Waals surface area contributed by atoms with Crippen molar-refractivity contribution < 1.29 is 39.8 Å². The first-order valence-electron chi connectivity index (χ1n) is 28.3. The van der Waals surface area contributed by atoms with Gasteiger partial charge in [-0.25, -0.2) is 0 Å². The smallest absolute Gasteiger partial charge is 0.220 e. The summed E-state index contributed by atoms with van der Waals surface area (Å²) in [6.07, 6.45) is 68.4. The Morgan fingerprint density at radius 1 is 0.493 bits per heavy atom. The van der Waals surface area contributed by atoms with Crippen LogP contribution in [0.1, 0.15) is 206 Å². The number of rotatable bonds is 46. The molecule has 0 saturated carbocycles. The first-order valence-corrected chi connectivity index (χ1v) is 28.3. The molecule has 0 aromatic heterocycles. The minimum atomic E-state index is -1.57. The molecule has 9 nitrogen and oxygen atoms in total. The number of aliphatic hydroxyl groups excluding tert-OH is 5. The summed E-state index contributed by atoms with van der Waals surface area (Å²) < 4.78 is 11.2. The number of allylic oxidation sites excluding steroid dienone is 19. The third kappa shape index (κ3) is 39.8. The predicted octanol–water partition coefficient (Wildman–Crippen LogP) is 14.0. The molecule has 9 heteroatoms. The third-order valence-electron chi connectivity index (χ3n) is 12.5. The lowest BCUT2D eigenvalue weighted by Crippen LogP contribution is -2.60. The second kappa shape index (κ2) is 50.1. The zero-order valence-electron chi connectivity index (χ0n) is 44.7. The number of ether oxygens (including phenoxy) is 2. The molecular weight excluding hydrogens is 887 g/mol. The van der Waals surface area contributed by atoms with E-state index < -0.39 is 49.5 Å². The zero-order valence-corrected chi connectivity index (χ0v) is 44.7. The monoisotopic (exact) mass is 990 g/mol. The van der Waals surface area contributed by atoms with Crippen LogP contribution in [0.2, 0.25) is 0 Å². The molecule has 0 aromatic carbocycles. The molecule has 0 aliphatic carbocycles. The van der Waals surface area contributed by atoms with Crippen LogP contribution in [-0.4, -0.2) is 87.5 Å². The van der Waals surface area contributed by atoms with Crippen molar-refractivity contribution in [1.82, 2.24) is 5.32 Å². The van der Waals surface area contributed by atoms with Crippen molar-refractivity contribution in [3.63, 3.8) is 0 Å². The lowest BCUT2D eigenvalue weighted by molar-refractivity contribution is -0.302. The molecule has 6 N–H and O–H groups in total. The van der Waals surface area contributed by atoms with Gasteiger partial charge in [-0.15, -0.1) is 0 Å². The van der Waals surface area contributed by atoms with Crippen LogP contribution in [0.25, 0.3) is 0 Å². The molecule has 0 bridgehead atoms. The van der Waals surface area contributed by atoms with E-state index in [4.69, 9.17) is 9.47 Å². The van der Waals surface area contributed by atoms with Crippen molar-refractivity contribution >= 4 is 5.91 Å². The number of carbonyl (C=O) groups excluding carboxylic acids is 1. The van der Waals surface area contributed by atoms with Crippen LogP contribution < -0.4 is 5.32 Å². The molecular formula is C62H103NO8. The number of amides is 1. The molecule has 7 unspecified atom stereocenters. The van der Waals surface area contributed by atoms with Gasteiger partial charge in [-0.2, -0.15) is 0 Å². The van der Waals surface area contributed by atoms with E-state index in [9.17, 15) is 30.3 Å². The van der Waals surface area contributed by atoms with Gasteiger partial charge in [-0.3, -0.25) is 4.79 Å². The predicted molar refractivity (Wildman–Crippen MR) is 299 cm³/mol. The van der Waals surface area contributed by atoms with E-state index in [1.807, 2.05) is 6.08 Å². The number of hydrogen-bond donors (Lipinski definition) is 6. The molecule has 1 fully saturated rings. The molecule has 1 heterocycles. The minimum Gasteiger partial charge on any atom is -0.394 e. The Hall–Kier alpha value is -3.41. The molecule has 1 amide bonds. The summed E-state index contributed by atoms with van der Waals surface area (Å²) in [6.45, 7) is 3.63. The fourth-order valence-corrected chi connectivity index (χ4v) is 8.09. The van der Waals surface area contributed by atoms with Crippen molar-refractivity contribution in [3.05, 3.63) is 122 Å². The summed E-state index contributed by atoms with van der Waals surface area (Å²) in [7, 11) is 0. The molecule has 1 rings (SSSR count). The Bertz CT molecular complexity index is 1520. The molecule has 0 aromatic rings. The highest BCUT2D eigenvalue weighted by atomic mass is 16.7. The Morgan fingerprint density at radius 3 is 1.30 bits per heavy atom. The van der Waals surface area contributed by atoms with Crippen molar-refractivity contribution in [1.29, 1.82) is 0 Å². The van der Waals surface area contributed by atoms with Crippen LogP contribution >= 0.6 is 0 Å². The molecule has 1 aliphatic rings. The summed E-state index contributed by atoms with van der Waals surface area (Å²) in [5.41, 5.74) is 0. The van der Waals surface area contributed by atoms with E-state index in [0.29, 0.717) is 6.42 Å². The lowest BCUT2D eigenvalue weighted by atomic mass is 9.99. The Morgan fingerprint density at radius 2 is 0.873 bits per heavy atom. The van der Waals surface area contributed by atoms with Crippen LogP contribution in [0.3, 0.4) is 0 Å². The molecule has 0 radical (unpaired) electrons. The van der Waals surface area contributed by atoms with Gasteiger partial charge in [0.25, 0.3) is 0 Å². The van der Waals surface area contributed by atoms with E-state index in [2.05, 4.69) is 129 Å². The van der Waals surface area contributed by atoms with E-state index >= 15 is 0 Å². The fraction of sp³-hybridized carbons (Fsp3) is 0.661. The summed E-state index contributed by atoms with van der Waals surface area (Å²) in [4.78, 5) is 13.0. The van der Waals surface area contributed by atoms with Gasteiger partial charge >= 0.3 is 0 Å².